The maximum atomic E-state index is 12.5. The van der Waals surface area contributed by atoms with Gasteiger partial charge in [0.25, 0.3) is 0 Å². The smallest absolute Gasteiger partial charge is 0.224 e. The predicted octanol–water partition coefficient (Wildman–Crippen LogP) is 5.10. The molecule has 3 aromatic rings. The van der Waals surface area contributed by atoms with Gasteiger partial charge in [-0.3, -0.25) is 4.79 Å². The number of hydrogen-bond donors (Lipinski definition) is 1. The summed E-state index contributed by atoms with van der Waals surface area (Å²) in [5.74, 6) is 2.38. The Morgan fingerprint density at radius 3 is 2.76 bits per heavy atom. The Hall–Kier alpha value is -3.28. The molecule has 6 nitrogen and oxygen atoms in total. The zero-order valence-electron chi connectivity index (χ0n) is 16.8. The summed E-state index contributed by atoms with van der Waals surface area (Å²) in [6.45, 7) is 2.70. The third-order valence-electron chi connectivity index (χ3n) is 4.39. The number of benzene rings is 2. The number of aromatic nitrogens is 1. The Balaban J connectivity index is 1.60. The van der Waals surface area contributed by atoms with E-state index in [1.54, 1.807) is 19.4 Å². The second-order valence-electron chi connectivity index (χ2n) is 6.60. The van der Waals surface area contributed by atoms with Gasteiger partial charge in [0.1, 0.15) is 11.5 Å². The minimum atomic E-state index is -0.141. The number of nitrogens with one attached hydrogen (secondary N) is 1. The number of amides is 1. The van der Waals surface area contributed by atoms with E-state index < -0.39 is 0 Å². The number of ether oxygens (including phenoxy) is 2. The van der Waals surface area contributed by atoms with Crippen LogP contribution in [0.15, 0.2) is 59.1 Å². The quantitative estimate of drug-likeness (QED) is 0.484. The van der Waals surface area contributed by atoms with E-state index in [-0.39, 0.29) is 12.3 Å². The summed E-state index contributed by atoms with van der Waals surface area (Å²) in [5.41, 5.74) is 1.56. The standard InChI is InChI=1S/C23H26N2O4/c1-3-4-14-28-20-11-10-18(27-2)15-19(20)25-22(26)12-13-23-24-16-21(29-23)17-8-6-5-7-9-17/h5-11,15-16H,3-4,12-14H2,1-2H3,(H,25,26). The molecule has 1 N–H and O–H groups in total. The van der Waals surface area contributed by atoms with Gasteiger partial charge >= 0.3 is 0 Å². The molecule has 6 heteroatoms. The van der Waals surface area contributed by atoms with Crippen LogP contribution >= 0.6 is 0 Å². The monoisotopic (exact) mass is 394 g/mol. The molecule has 0 unspecified atom stereocenters. The molecule has 1 heterocycles. The third kappa shape index (κ3) is 5.85. The maximum Gasteiger partial charge on any atom is 0.224 e. The zero-order valence-corrected chi connectivity index (χ0v) is 16.8. The number of hydrogen-bond acceptors (Lipinski definition) is 5. The number of nitrogens with zero attached hydrogens (tertiary/aromatic N) is 1. The van der Waals surface area contributed by atoms with Crippen LogP contribution in [0.5, 0.6) is 11.5 Å². The van der Waals surface area contributed by atoms with Crippen molar-refractivity contribution < 1.29 is 18.7 Å². The van der Waals surface area contributed by atoms with E-state index >= 15 is 0 Å². The van der Waals surface area contributed by atoms with E-state index in [1.165, 1.54) is 0 Å². The van der Waals surface area contributed by atoms with Gasteiger partial charge in [-0.25, -0.2) is 4.98 Å². The lowest BCUT2D eigenvalue weighted by atomic mass is 10.2. The highest BCUT2D eigenvalue weighted by Crippen LogP contribution is 2.30. The summed E-state index contributed by atoms with van der Waals surface area (Å²) in [7, 11) is 1.59. The van der Waals surface area contributed by atoms with Gasteiger partial charge in [-0.15, -0.1) is 0 Å². The maximum absolute atomic E-state index is 12.5. The van der Waals surface area contributed by atoms with E-state index in [2.05, 4.69) is 17.2 Å². The van der Waals surface area contributed by atoms with E-state index in [0.717, 1.165) is 18.4 Å². The Morgan fingerprint density at radius 2 is 2.00 bits per heavy atom. The van der Waals surface area contributed by atoms with Crippen molar-refractivity contribution in [3.8, 4) is 22.8 Å². The number of carbonyl (C=O) groups is 1. The number of unbranched alkanes of at least 4 members (excludes halogenated alkanes) is 1. The number of methoxy groups -OCH3 is 1. The summed E-state index contributed by atoms with van der Waals surface area (Å²) >= 11 is 0. The summed E-state index contributed by atoms with van der Waals surface area (Å²) in [6, 6.07) is 15.1. The van der Waals surface area contributed by atoms with Crippen LogP contribution in [0.1, 0.15) is 32.1 Å². The van der Waals surface area contributed by atoms with Gasteiger partial charge < -0.3 is 19.2 Å². The molecule has 29 heavy (non-hydrogen) atoms. The van der Waals surface area contributed by atoms with Gasteiger partial charge in [0, 0.05) is 24.5 Å². The zero-order chi connectivity index (χ0) is 20.5. The van der Waals surface area contributed by atoms with Crippen LogP contribution in [0.2, 0.25) is 0 Å². The molecule has 1 amide bonds. The second kappa shape index (κ2) is 10.3. The van der Waals surface area contributed by atoms with Gasteiger partial charge in [0.15, 0.2) is 11.7 Å². The molecule has 3 rings (SSSR count). The Labute approximate surface area is 170 Å². The van der Waals surface area contributed by atoms with Crippen LogP contribution in [0.3, 0.4) is 0 Å². The lowest BCUT2D eigenvalue weighted by Crippen LogP contribution is -2.13. The lowest BCUT2D eigenvalue weighted by Gasteiger charge is -2.13. The molecule has 0 aliphatic rings. The van der Waals surface area contributed by atoms with Crippen molar-refractivity contribution in [3.63, 3.8) is 0 Å². The highest BCUT2D eigenvalue weighted by atomic mass is 16.5. The topological polar surface area (TPSA) is 73.6 Å². The molecule has 0 aliphatic carbocycles. The van der Waals surface area contributed by atoms with Gasteiger partial charge in [0.2, 0.25) is 5.91 Å². The average molecular weight is 394 g/mol. The summed E-state index contributed by atoms with van der Waals surface area (Å²) in [6.07, 6.45) is 4.34. The fourth-order valence-electron chi connectivity index (χ4n) is 2.78. The van der Waals surface area contributed by atoms with Crippen molar-refractivity contribution in [2.45, 2.75) is 32.6 Å². The van der Waals surface area contributed by atoms with Crippen LogP contribution in [0.25, 0.3) is 11.3 Å². The molecule has 0 atom stereocenters. The molecular weight excluding hydrogens is 368 g/mol. The van der Waals surface area contributed by atoms with Crippen LogP contribution < -0.4 is 14.8 Å². The number of anilines is 1. The molecule has 0 bridgehead atoms. The molecule has 0 spiro atoms. The molecule has 0 saturated carbocycles. The lowest BCUT2D eigenvalue weighted by molar-refractivity contribution is -0.116. The predicted molar refractivity (Wildman–Crippen MR) is 112 cm³/mol. The van der Waals surface area contributed by atoms with Crippen molar-refractivity contribution in [3.05, 3.63) is 60.6 Å². The normalized spacial score (nSPS) is 10.6. The largest absolute Gasteiger partial charge is 0.497 e. The number of aryl methyl sites for hydroxylation is 1. The number of carbonyl (C=O) groups excluding carboxylic acids is 1. The van der Waals surface area contributed by atoms with Crippen molar-refractivity contribution >= 4 is 11.6 Å². The van der Waals surface area contributed by atoms with E-state index in [4.69, 9.17) is 13.9 Å². The molecule has 152 valence electrons. The highest BCUT2D eigenvalue weighted by molar-refractivity contribution is 5.92. The SMILES string of the molecule is CCCCOc1ccc(OC)cc1NC(=O)CCc1ncc(-c2ccccc2)o1. The summed E-state index contributed by atoms with van der Waals surface area (Å²) in [4.78, 5) is 16.7. The van der Waals surface area contributed by atoms with Crippen LogP contribution in [-0.2, 0) is 11.2 Å². The molecule has 0 aliphatic heterocycles. The van der Waals surface area contributed by atoms with E-state index in [1.807, 2.05) is 42.5 Å². The number of oxazole rings is 1. The molecule has 1 aromatic heterocycles. The van der Waals surface area contributed by atoms with Crippen LogP contribution in [0, 0.1) is 0 Å². The van der Waals surface area contributed by atoms with Crippen LogP contribution in [0.4, 0.5) is 5.69 Å². The van der Waals surface area contributed by atoms with Crippen molar-refractivity contribution in [1.29, 1.82) is 0 Å². The molecule has 0 radical (unpaired) electrons. The summed E-state index contributed by atoms with van der Waals surface area (Å²) < 4.78 is 16.8. The van der Waals surface area contributed by atoms with E-state index in [9.17, 15) is 4.79 Å². The van der Waals surface area contributed by atoms with Gasteiger partial charge in [-0.2, -0.15) is 0 Å². The van der Waals surface area contributed by atoms with Gasteiger partial charge in [0.05, 0.1) is 25.6 Å². The average Bonchev–Trinajstić information content (AvgIpc) is 3.23. The van der Waals surface area contributed by atoms with Gasteiger partial charge in [-0.05, 0) is 18.6 Å². The number of rotatable bonds is 10. The Bertz CT molecular complexity index is 922. The first-order chi connectivity index (χ1) is 14.2. The minimum absolute atomic E-state index is 0.141. The van der Waals surface area contributed by atoms with Crippen molar-refractivity contribution in [2.24, 2.45) is 0 Å². The molecule has 0 fully saturated rings. The summed E-state index contributed by atoms with van der Waals surface area (Å²) in [5, 5.41) is 2.91. The highest BCUT2D eigenvalue weighted by Gasteiger charge is 2.12. The minimum Gasteiger partial charge on any atom is -0.497 e. The van der Waals surface area contributed by atoms with Crippen molar-refractivity contribution in [2.75, 3.05) is 19.0 Å². The fraction of sp³-hybridized carbons (Fsp3) is 0.304. The van der Waals surface area contributed by atoms with E-state index in [0.29, 0.717) is 41.9 Å². The Kier molecular flexibility index (Phi) is 7.28. The first-order valence-corrected chi connectivity index (χ1v) is 9.80. The second-order valence-corrected chi connectivity index (χ2v) is 6.60. The third-order valence-corrected chi connectivity index (χ3v) is 4.39. The molecule has 0 saturated heterocycles. The van der Waals surface area contributed by atoms with Crippen molar-refractivity contribution in [1.82, 2.24) is 4.98 Å². The van der Waals surface area contributed by atoms with Crippen LogP contribution in [-0.4, -0.2) is 24.6 Å². The Morgan fingerprint density at radius 1 is 1.17 bits per heavy atom. The first-order valence-electron chi connectivity index (χ1n) is 9.80. The fourth-order valence-corrected chi connectivity index (χ4v) is 2.78. The molecule has 2 aromatic carbocycles. The first kappa shape index (κ1) is 20.5. The van der Waals surface area contributed by atoms with Gasteiger partial charge in [-0.1, -0.05) is 43.7 Å². The molecular formula is C23H26N2O4.